The van der Waals surface area contributed by atoms with Crippen molar-refractivity contribution in [2.24, 2.45) is 5.73 Å². The van der Waals surface area contributed by atoms with Crippen molar-refractivity contribution in [2.75, 3.05) is 6.54 Å². The largest absolute Gasteiger partial charge is 0.463 e. The first-order valence-electron chi connectivity index (χ1n) is 4.87. The highest BCUT2D eigenvalue weighted by Crippen LogP contribution is 2.19. The molecule has 0 saturated carbocycles. The quantitative estimate of drug-likeness (QED) is 0.821. The lowest BCUT2D eigenvalue weighted by Gasteiger charge is -2.03. The molecule has 0 radical (unpaired) electrons. The maximum absolute atomic E-state index is 5.46. The van der Waals surface area contributed by atoms with Crippen LogP contribution in [-0.2, 0) is 6.42 Å². The molecule has 0 aliphatic rings. The zero-order valence-electron chi connectivity index (χ0n) is 8.60. The average Bonchev–Trinajstić information content (AvgIpc) is 2.71. The third kappa shape index (κ3) is 2.05. The Morgan fingerprint density at radius 3 is 2.93 bits per heavy atom. The fourth-order valence-electron chi connectivity index (χ4n) is 1.45. The van der Waals surface area contributed by atoms with E-state index in [-0.39, 0.29) is 0 Å². The first-order chi connectivity index (χ1) is 7.31. The molecule has 2 aromatic heterocycles. The van der Waals surface area contributed by atoms with E-state index in [1.54, 1.807) is 12.5 Å². The number of furan rings is 1. The normalized spacial score (nSPS) is 10.5. The van der Waals surface area contributed by atoms with Gasteiger partial charge in [-0.25, -0.2) is 4.98 Å². The predicted octanol–water partition coefficient (Wildman–Crippen LogP) is 1.55. The summed E-state index contributed by atoms with van der Waals surface area (Å²) in [5.41, 5.74) is 8.04. The van der Waals surface area contributed by atoms with E-state index in [4.69, 9.17) is 10.2 Å². The summed E-state index contributed by atoms with van der Waals surface area (Å²) >= 11 is 0. The molecule has 0 amide bonds. The third-order valence-corrected chi connectivity index (χ3v) is 2.15. The summed E-state index contributed by atoms with van der Waals surface area (Å²) in [6, 6.07) is 3.71. The van der Waals surface area contributed by atoms with Crippen LogP contribution < -0.4 is 5.73 Å². The maximum Gasteiger partial charge on any atom is 0.154 e. The van der Waals surface area contributed by atoms with E-state index in [1.807, 2.05) is 19.1 Å². The van der Waals surface area contributed by atoms with E-state index in [0.29, 0.717) is 6.54 Å². The van der Waals surface area contributed by atoms with Gasteiger partial charge in [0.2, 0.25) is 0 Å². The van der Waals surface area contributed by atoms with Crippen molar-refractivity contribution in [3.63, 3.8) is 0 Å². The molecular formula is C11H13N3O. The Bertz CT molecular complexity index is 437. The van der Waals surface area contributed by atoms with Gasteiger partial charge >= 0.3 is 0 Å². The lowest BCUT2D eigenvalue weighted by molar-refractivity contribution is 0.578. The fourth-order valence-corrected chi connectivity index (χ4v) is 1.45. The SMILES string of the molecule is Cc1nc(CCN)cnc1-c1ccco1. The molecule has 0 aliphatic carbocycles. The predicted molar refractivity (Wildman–Crippen MR) is 57.2 cm³/mol. The van der Waals surface area contributed by atoms with Crippen LogP contribution in [0.25, 0.3) is 11.5 Å². The van der Waals surface area contributed by atoms with Gasteiger partial charge in [0.15, 0.2) is 5.76 Å². The molecule has 0 fully saturated rings. The van der Waals surface area contributed by atoms with Crippen molar-refractivity contribution >= 4 is 0 Å². The topological polar surface area (TPSA) is 64.9 Å². The van der Waals surface area contributed by atoms with Gasteiger partial charge in [0.05, 0.1) is 17.7 Å². The molecule has 4 nitrogen and oxygen atoms in total. The molecule has 15 heavy (non-hydrogen) atoms. The second-order valence-electron chi connectivity index (χ2n) is 3.31. The lowest BCUT2D eigenvalue weighted by atomic mass is 10.2. The molecule has 0 saturated heterocycles. The van der Waals surface area contributed by atoms with Crippen molar-refractivity contribution in [3.8, 4) is 11.5 Å². The molecule has 2 aromatic rings. The van der Waals surface area contributed by atoms with Crippen LogP contribution in [0.1, 0.15) is 11.4 Å². The number of hydrogen-bond donors (Lipinski definition) is 1. The molecule has 0 aliphatic heterocycles. The van der Waals surface area contributed by atoms with Crippen LogP contribution in [0, 0.1) is 6.92 Å². The van der Waals surface area contributed by atoms with Gasteiger partial charge in [-0.3, -0.25) is 4.98 Å². The smallest absolute Gasteiger partial charge is 0.154 e. The molecule has 0 atom stereocenters. The Labute approximate surface area is 88.2 Å². The van der Waals surface area contributed by atoms with Crippen LogP contribution in [-0.4, -0.2) is 16.5 Å². The third-order valence-electron chi connectivity index (χ3n) is 2.15. The highest BCUT2D eigenvalue weighted by Gasteiger charge is 2.07. The molecule has 0 unspecified atom stereocenters. The summed E-state index contributed by atoms with van der Waals surface area (Å²) in [5, 5.41) is 0. The van der Waals surface area contributed by atoms with E-state index in [1.165, 1.54) is 0 Å². The minimum absolute atomic E-state index is 0.591. The van der Waals surface area contributed by atoms with E-state index < -0.39 is 0 Å². The van der Waals surface area contributed by atoms with Gasteiger partial charge in [-0.05, 0) is 25.6 Å². The summed E-state index contributed by atoms with van der Waals surface area (Å²) < 4.78 is 5.27. The second kappa shape index (κ2) is 4.23. The van der Waals surface area contributed by atoms with Crippen LogP contribution in [0.4, 0.5) is 0 Å². The second-order valence-corrected chi connectivity index (χ2v) is 3.31. The highest BCUT2D eigenvalue weighted by molar-refractivity contribution is 5.54. The summed E-state index contributed by atoms with van der Waals surface area (Å²) in [6.45, 7) is 2.51. The van der Waals surface area contributed by atoms with Gasteiger partial charge < -0.3 is 10.2 Å². The lowest BCUT2D eigenvalue weighted by Crippen LogP contribution is -2.06. The van der Waals surface area contributed by atoms with Crippen LogP contribution in [0.15, 0.2) is 29.0 Å². The monoisotopic (exact) mass is 203 g/mol. The van der Waals surface area contributed by atoms with Gasteiger partial charge in [-0.1, -0.05) is 0 Å². The van der Waals surface area contributed by atoms with Crippen LogP contribution in [0.3, 0.4) is 0 Å². The highest BCUT2D eigenvalue weighted by atomic mass is 16.3. The minimum atomic E-state index is 0.591. The standard InChI is InChI=1S/C11H13N3O/c1-8-11(10-3-2-6-15-10)13-7-9(14-8)4-5-12/h2-3,6-7H,4-5,12H2,1H3. The van der Waals surface area contributed by atoms with Gasteiger partial charge in [-0.15, -0.1) is 0 Å². The van der Waals surface area contributed by atoms with Gasteiger partial charge in [-0.2, -0.15) is 0 Å². The van der Waals surface area contributed by atoms with Crippen molar-refractivity contribution < 1.29 is 4.42 Å². The first kappa shape index (κ1) is 9.86. The fraction of sp³-hybridized carbons (Fsp3) is 0.273. The Hall–Kier alpha value is -1.68. The van der Waals surface area contributed by atoms with Gasteiger partial charge in [0.25, 0.3) is 0 Å². The van der Waals surface area contributed by atoms with E-state index >= 15 is 0 Å². The number of aromatic nitrogens is 2. The molecule has 2 heterocycles. The van der Waals surface area contributed by atoms with Crippen molar-refractivity contribution in [2.45, 2.75) is 13.3 Å². The zero-order valence-corrected chi connectivity index (χ0v) is 8.60. The van der Waals surface area contributed by atoms with Crippen LogP contribution >= 0.6 is 0 Å². The van der Waals surface area contributed by atoms with Crippen LogP contribution in [0.2, 0.25) is 0 Å². The van der Waals surface area contributed by atoms with E-state index in [2.05, 4.69) is 9.97 Å². The Balaban J connectivity index is 2.35. The number of nitrogens with two attached hydrogens (primary N) is 1. The maximum atomic E-state index is 5.46. The van der Waals surface area contributed by atoms with Crippen molar-refractivity contribution in [1.82, 2.24) is 9.97 Å². The zero-order chi connectivity index (χ0) is 10.7. The molecular weight excluding hydrogens is 190 g/mol. The first-order valence-corrected chi connectivity index (χ1v) is 4.87. The molecule has 4 heteroatoms. The molecule has 2 rings (SSSR count). The number of nitrogens with zero attached hydrogens (tertiary/aromatic N) is 2. The summed E-state index contributed by atoms with van der Waals surface area (Å²) in [6.07, 6.45) is 4.13. The van der Waals surface area contributed by atoms with E-state index in [9.17, 15) is 0 Å². The Morgan fingerprint density at radius 1 is 1.47 bits per heavy atom. The Morgan fingerprint density at radius 2 is 2.33 bits per heavy atom. The number of hydrogen-bond acceptors (Lipinski definition) is 4. The minimum Gasteiger partial charge on any atom is -0.463 e. The van der Waals surface area contributed by atoms with Gasteiger partial charge in [0, 0.05) is 12.6 Å². The van der Waals surface area contributed by atoms with Crippen molar-refractivity contribution in [1.29, 1.82) is 0 Å². The van der Waals surface area contributed by atoms with Crippen molar-refractivity contribution in [3.05, 3.63) is 36.0 Å². The summed E-state index contributed by atoms with van der Waals surface area (Å²) in [5.74, 6) is 0.749. The molecule has 0 bridgehead atoms. The van der Waals surface area contributed by atoms with Crippen LogP contribution in [0.5, 0.6) is 0 Å². The van der Waals surface area contributed by atoms with E-state index in [0.717, 1.165) is 29.3 Å². The molecule has 0 aromatic carbocycles. The van der Waals surface area contributed by atoms with Gasteiger partial charge in [0.1, 0.15) is 5.69 Å². The summed E-state index contributed by atoms with van der Waals surface area (Å²) in [7, 11) is 0. The number of aryl methyl sites for hydroxylation is 1. The average molecular weight is 203 g/mol. The summed E-state index contributed by atoms with van der Waals surface area (Å²) in [4.78, 5) is 8.74. The number of rotatable bonds is 3. The Kier molecular flexibility index (Phi) is 2.78. The molecule has 78 valence electrons. The molecule has 2 N–H and O–H groups in total. The molecule has 0 spiro atoms.